The number of allylic oxidation sites excluding steroid dienone is 1. The van der Waals surface area contributed by atoms with Gasteiger partial charge in [0.2, 0.25) is 0 Å². The van der Waals surface area contributed by atoms with Crippen LogP contribution in [0.25, 0.3) is 0 Å². The van der Waals surface area contributed by atoms with E-state index in [1.54, 1.807) is 12.1 Å². The number of phenolic OH excluding ortho intramolecular Hbond substituents is 1. The van der Waals surface area contributed by atoms with Gasteiger partial charge in [0.25, 0.3) is 0 Å². The molecule has 1 aromatic rings. The normalized spacial score (nSPS) is 17.4. The zero-order valence-electron chi connectivity index (χ0n) is 13.8. The molecule has 0 spiro atoms. The maximum atomic E-state index is 12.3. The van der Waals surface area contributed by atoms with Gasteiger partial charge in [-0.15, -0.1) is 0 Å². The van der Waals surface area contributed by atoms with Crippen LogP contribution in [0.1, 0.15) is 25.5 Å². The van der Waals surface area contributed by atoms with Crippen molar-refractivity contribution >= 4 is 27.9 Å². The molecule has 0 saturated heterocycles. The van der Waals surface area contributed by atoms with Gasteiger partial charge in [-0.25, -0.2) is 9.59 Å². The monoisotopic (exact) mass is 398 g/mol. The maximum absolute atomic E-state index is 12.3. The van der Waals surface area contributed by atoms with E-state index in [1.165, 1.54) is 14.2 Å². The van der Waals surface area contributed by atoms with Crippen LogP contribution < -0.4 is 15.4 Å². The number of urea groups is 1. The number of phenols is 1. The molecule has 0 aliphatic carbocycles. The first kappa shape index (κ1) is 18.1. The fourth-order valence-corrected chi connectivity index (χ4v) is 3.04. The van der Waals surface area contributed by atoms with Crippen LogP contribution in [0, 0.1) is 5.92 Å². The van der Waals surface area contributed by atoms with E-state index in [0.717, 1.165) is 0 Å². The van der Waals surface area contributed by atoms with E-state index in [0.29, 0.717) is 15.7 Å². The van der Waals surface area contributed by atoms with Crippen LogP contribution in [0.2, 0.25) is 0 Å². The van der Waals surface area contributed by atoms with Crippen LogP contribution >= 0.6 is 15.9 Å². The molecule has 1 heterocycles. The van der Waals surface area contributed by atoms with Crippen molar-refractivity contribution in [3.8, 4) is 11.5 Å². The van der Waals surface area contributed by atoms with Gasteiger partial charge in [-0.2, -0.15) is 0 Å². The van der Waals surface area contributed by atoms with Crippen LogP contribution in [-0.4, -0.2) is 31.3 Å². The Labute approximate surface area is 148 Å². The number of rotatable bonds is 4. The molecule has 1 aliphatic rings. The number of carbonyl (C=O) groups excluding carboxylic acids is 2. The minimum absolute atomic E-state index is 0.121. The Morgan fingerprint density at radius 3 is 2.54 bits per heavy atom. The SMILES string of the molecule is COC(=O)C1=C(C(C)C)NC(=O)NC1c1cc(Br)cc(OC)c1O. The lowest BCUT2D eigenvalue weighted by molar-refractivity contribution is -0.136. The van der Waals surface area contributed by atoms with E-state index in [1.807, 2.05) is 13.8 Å². The predicted molar refractivity (Wildman–Crippen MR) is 90.6 cm³/mol. The van der Waals surface area contributed by atoms with Crippen molar-refractivity contribution in [3.05, 3.63) is 33.4 Å². The number of methoxy groups -OCH3 is 2. The minimum atomic E-state index is -0.866. The fraction of sp³-hybridized carbons (Fsp3) is 0.375. The van der Waals surface area contributed by atoms with E-state index in [-0.39, 0.29) is 23.0 Å². The molecule has 0 radical (unpaired) electrons. The van der Waals surface area contributed by atoms with Gasteiger partial charge in [-0.1, -0.05) is 29.8 Å². The van der Waals surface area contributed by atoms with Crippen molar-refractivity contribution in [1.82, 2.24) is 10.6 Å². The summed E-state index contributed by atoms with van der Waals surface area (Å²) in [5, 5.41) is 15.8. The zero-order chi connectivity index (χ0) is 18.0. The van der Waals surface area contributed by atoms with Gasteiger partial charge in [0, 0.05) is 15.7 Å². The predicted octanol–water partition coefficient (Wildman–Crippen LogP) is 2.60. The Hall–Kier alpha value is -2.22. The van der Waals surface area contributed by atoms with Crippen molar-refractivity contribution in [2.24, 2.45) is 5.92 Å². The zero-order valence-corrected chi connectivity index (χ0v) is 15.4. The second kappa shape index (κ2) is 7.12. The van der Waals surface area contributed by atoms with Crippen LogP contribution in [0.3, 0.4) is 0 Å². The largest absolute Gasteiger partial charge is 0.504 e. The molecule has 2 rings (SSSR count). The van der Waals surface area contributed by atoms with Crippen molar-refractivity contribution in [2.75, 3.05) is 14.2 Å². The first-order valence-corrected chi connectivity index (χ1v) is 8.05. The smallest absolute Gasteiger partial charge is 0.337 e. The Morgan fingerprint density at radius 1 is 1.33 bits per heavy atom. The number of carbonyl (C=O) groups is 2. The van der Waals surface area contributed by atoms with E-state index in [4.69, 9.17) is 9.47 Å². The third-order valence-corrected chi connectivity index (χ3v) is 4.14. The molecule has 1 atom stereocenters. The number of hydrogen-bond acceptors (Lipinski definition) is 5. The summed E-state index contributed by atoms with van der Waals surface area (Å²) in [4.78, 5) is 24.4. The topological polar surface area (TPSA) is 96.9 Å². The Morgan fingerprint density at radius 2 is 2.00 bits per heavy atom. The molecule has 1 aliphatic heterocycles. The van der Waals surface area contributed by atoms with E-state index in [9.17, 15) is 14.7 Å². The second-order valence-corrected chi connectivity index (χ2v) is 6.47. The first-order valence-electron chi connectivity index (χ1n) is 7.26. The summed E-state index contributed by atoms with van der Waals surface area (Å²) in [6.45, 7) is 3.70. The van der Waals surface area contributed by atoms with Gasteiger partial charge < -0.3 is 25.2 Å². The van der Waals surface area contributed by atoms with Crippen molar-refractivity contribution in [1.29, 1.82) is 0 Å². The lowest BCUT2D eigenvalue weighted by atomic mass is 9.91. The molecule has 7 nitrogen and oxygen atoms in total. The van der Waals surface area contributed by atoms with Gasteiger partial charge in [0.05, 0.1) is 25.8 Å². The molecule has 8 heteroatoms. The lowest BCUT2D eigenvalue weighted by Crippen LogP contribution is -2.47. The van der Waals surface area contributed by atoms with Crippen LogP contribution in [-0.2, 0) is 9.53 Å². The van der Waals surface area contributed by atoms with Crippen LogP contribution in [0.4, 0.5) is 4.79 Å². The number of nitrogens with one attached hydrogen (secondary N) is 2. The van der Waals surface area contributed by atoms with Crippen LogP contribution in [0.5, 0.6) is 11.5 Å². The van der Waals surface area contributed by atoms with E-state index in [2.05, 4.69) is 26.6 Å². The molecule has 0 bridgehead atoms. The van der Waals surface area contributed by atoms with E-state index >= 15 is 0 Å². The number of benzene rings is 1. The van der Waals surface area contributed by atoms with Gasteiger partial charge in [-0.3, -0.25) is 0 Å². The number of hydrogen-bond donors (Lipinski definition) is 3. The van der Waals surface area contributed by atoms with Gasteiger partial charge in [-0.05, 0) is 18.1 Å². The average molecular weight is 399 g/mol. The number of halogens is 1. The van der Waals surface area contributed by atoms with E-state index < -0.39 is 18.0 Å². The highest BCUT2D eigenvalue weighted by atomic mass is 79.9. The average Bonchev–Trinajstić information content (AvgIpc) is 2.54. The van der Waals surface area contributed by atoms with Crippen molar-refractivity contribution in [2.45, 2.75) is 19.9 Å². The van der Waals surface area contributed by atoms with Gasteiger partial charge in [0.1, 0.15) is 0 Å². The fourth-order valence-electron chi connectivity index (χ4n) is 2.58. The standard InChI is InChI=1S/C16H19BrN2O5/c1-7(2)12-11(15(21)24-4)13(19-16(22)18-12)9-5-8(17)6-10(23-3)14(9)20/h5-7,13,20H,1-4H3,(H2,18,19,22). The molecule has 1 unspecified atom stereocenters. The molecule has 0 saturated carbocycles. The number of esters is 1. The molecule has 3 N–H and O–H groups in total. The maximum Gasteiger partial charge on any atom is 0.337 e. The quantitative estimate of drug-likeness (QED) is 0.677. The molecule has 130 valence electrons. The van der Waals surface area contributed by atoms with Crippen molar-refractivity contribution in [3.63, 3.8) is 0 Å². The summed E-state index contributed by atoms with van der Waals surface area (Å²) >= 11 is 3.34. The summed E-state index contributed by atoms with van der Waals surface area (Å²) in [5.41, 5.74) is 1.02. The second-order valence-electron chi connectivity index (χ2n) is 5.55. The molecule has 2 amide bonds. The van der Waals surface area contributed by atoms with Crippen molar-refractivity contribution < 1.29 is 24.2 Å². The molecule has 24 heavy (non-hydrogen) atoms. The summed E-state index contributed by atoms with van der Waals surface area (Å²) in [6.07, 6.45) is 0. The Balaban J connectivity index is 2.70. The molecule has 1 aromatic carbocycles. The van der Waals surface area contributed by atoms with Crippen LogP contribution in [0.15, 0.2) is 27.9 Å². The third-order valence-electron chi connectivity index (χ3n) is 3.69. The van der Waals surface area contributed by atoms with Gasteiger partial charge in [0.15, 0.2) is 11.5 Å². The van der Waals surface area contributed by atoms with Gasteiger partial charge >= 0.3 is 12.0 Å². The highest BCUT2D eigenvalue weighted by molar-refractivity contribution is 9.10. The number of ether oxygens (including phenoxy) is 2. The highest BCUT2D eigenvalue weighted by Crippen LogP contribution is 2.41. The summed E-state index contributed by atoms with van der Waals surface area (Å²) in [6, 6.07) is 1.88. The summed E-state index contributed by atoms with van der Waals surface area (Å²) in [5.74, 6) is -0.640. The molecular formula is C16H19BrN2O5. The summed E-state index contributed by atoms with van der Waals surface area (Å²) in [7, 11) is 2.69. The Kier molecular flexibility index (Phi) is 5.38. The Bertz CT molecular complexity index is 715. The third kappa shape index (κ3) is 3.33. The molecular weight excluding hydrogens is 380 g/mol. The molecule has 0 aromatic heterocycles. The summed E-state index contributed by atoms with van der Waals surface area (Å²) < 4.78 is 10.6. The highest BCUT2D eigenvalue weighted by Gasteiger charge is 2.36. The number of aromatic hydroxyl groups is 1. The number of amides is 2. The first-order chi connectivity index (χ1) is 11.3. The molecule has 0 fully saturated rings. The lowest BCUT2D eigenvalue weighted by Gasteiger charge is -2.31. The minimum Gasteiger partial charge on any atom is -0.504 e.